The van der Waals surface area contributed by atoms with Gasteiger partial charge in [0.15, 0.2) is 11.6 Å². The summed E-state index contributed by atoms with van der Waals surface area (Å²) in [6, 6.07) is 11.5. The second-order valence-corrected chi connectivity index (χ2v) is 8.19. The largest absolute Gasteiger partial charge is 0.491 e. The van der Waals surface area contributed by atoms with E-state index < -0.39 is 0 Å². The number of amides is 1. The molecule has 154 valence electrons. The molecule has 0 aliphatic rings. The standard InChI is InChI=1S/C23H23N3O3S/c1-14-8-5-6-9-17(14)29-13-11-26(4)23(27)20-15(2)19-16(3)24-21(25-22(19)30-20)18-10-7-12-28-18/h5-10,12H,11,13H2,1-4H3. The van der Waals surface area contributed by atoms with Crippen molar-refractivity contribution in [3.63, 3.8) is 0 Å². The minimum absolute atomic E-state index is 0.0390. The number of aryl methyl sites for hydroxylation is 3. The van der Waals surface area contributed by atoms with Crippen molar-refractivity contribution in [1.82, 2.24) is 14.9 Å². The smallest absolute Gasteiger partial charge is 0.264 e. The van der Waals surface area contributed by atoms with Crippen molar-refractivity contribution < 1.29 is 13.9 Å². The topological polar surface area (TPSA) is 68.5 Å². The molecule has 3 aromatic heterocycles. The van der Waals surface area contributed by atoms with Crippen molar-refractivity contribution in [2.24, 2.45) is 0 Å². The first kappa shape index (κ1) is 20.1. The van der Waals surface area contributed by atoms with Crippen LogP contribution < -0.4 is 4.74 Å². The van der Waals surface area contributed by atoms with Gasteiger partial charge < -0.3 is 14.1 Å². The summed E-state index contributed by atoms with van der Waals surface area (Å²) in [5, 5.41) is 0.934. The van der Waals surface area contributed by atoms with E-state index in [2.05, 4.69) is 9.97 Å². The highest BCUT2D eigenvalue weighted by Crippen LogP contribution is 2.33. The van der Waals surface area contributed by atoms with E-state index in [0.717, 1.165) is 32.8 Å². The second kappa shape index (κ2) is 8.28. The zero-order valence-electron chi connectivity index (χ0n) is 17.4. The molecule has 0 aliphatic carbocycles. The summed E-state index contributed by atoms with van der Waals surface area (Å²) in [5.41, 5.74) is 2.83. The van der Waals surface area contributed by atoms with Crippen molar-refractivity contribution in [2.45, 2.75) is 20.8 Å². The Hall–Kier alpha value is -3.19. The molecule has 3 heterocycles. The molecule has 1 aromatic carbocycles. The average Bonchev–Trinajstić information content (AvgIpc) is 3.37. The number of rotatable bonds is 6. The molecule has 0 spiro atoms. The summed E-state index contributed by atoms with van der Waals surface area (Å²) in [6.45, 7) is 6.81. The molecule has 0 saturated heterocycles. The molecular weight excluding hydrogens is 398 g/mol. The van der Waals surface area contributed by atoms with Gasteiger partial charge in [-0.2, -0.15) is 0 Å². The molecule has 1 amide bonds. The van der Waals surface area contributed by atoms with Crippen molar-refractivity contribution >= 4 is 27.5 Å². The number of benzene rings is 1. The molecule has 4 rings (SSSR count). The van der Waals surface area contributed by atoms with Crippen LogP contribution in [0.5, 0.6) is 5.75 Å². The minimum Gasteiger partial charge on any atom is -0.491 e. The van der Waals surface area contributed by atoms with Crippen LogP contribution in [0.2, 0.25) is 0 Å². The number of likely N-dealkylation sites (N-methyl/N-ethyl adjacent to an activating group) is 1. The van der Waals surface area contributed by atoms with Crippen LogP contribution in [-0.2, 0) is 0 Å². The van der Waals surface area contributed by atoms with E-state index in [1.165, 1.54) is 11.3 Å². The average molecular weight is 422 g/mol. The minimum atomic E-state index is -0.0390. The first-order valence-corrected chi connectivity index (χ1v) is 10.5. The van der Waals surface area contributed by atoms with Crippen molar-refractivity contribution in [1.29, 1.82) is 0 Å². The van der Waals surface area contributed by atoms with Crippen molar-refractivity contribution in [3.05, 3.63) is 64.4 Å². The van der Waals surface area contributed by atoms with E-state index in [9.17, 15) is 4.79 Å². The summed E-state index contributed by atoms with van der Waals surface area (Å²) in [7, 11) is 1.79. The first-order valence-electron chi connectivity index (χ1n) is 9.71. The Labute approximate surface area is 179 Å². The Morgan fingerprint density at radius 3 is 2.67 bits per heavy atom. The lowest BCUT2D eigenvalue weighted by Gasteiger charge is -2.17. The van der Waals surface area contributed by atoms with Gasteiger partial charge in [-0.1, -0.05) is 18.2 Å². The third kappa shape index (κ3) is 3.80. The normalized spacial score (nSPS) is 11.1. The Morgan fingerprint density at radius 1 is 1.13 bits per heavy atom. The maximum atomic E-state index is 13.1. The van der Waals surface area contributed by atoms with Gasteiger partial charge in [0.05, 0.1) is 23.4 Å². The van der Waals surface area contributed by atoms with E-state index in [1.54, 1.807) is 24.3 Å². The lowest BCUT2D eigenvalue weighted by atomic mass is 10.1. The van der Waals surface area contributed by atoms with Gasteiger partial charge in [-0.15, -0.1) is 11.3 Å². The van der Waals surface area contributed by atoms with E-state index in [0.29, 0.717) is 29.6 Å². The van der Waals surface area contributed by atoms with E-state index >= 15 is 0 Å². The predicted octanol–water partition coefficient (Wildman–Crippen LogP) is 5.03. The highest BCUT2D eigenvalue weighted by molar-refractivity contribution is 7.20. The Balaban J connectivity index is 1.53. The lowest BCUT2D eigenvalue weighted by Crippen LogP contribution is -2.30. The summed E-state index contributed by atoms with van der Waals surface area (Å²) in [4.78, 5) is 25.4. The van der Waals surface area contributed by atoms with Crippen LogP contribution in [0.3, 0.4) is 0 Å². The molecule has 0 radical (unpaired) electrons. The number of furan rings is 1. The Kier molecular flexibility index (Phi) is 5.55. The van der Waals surface area contributed by atoms with Gasteiger partial charge in [0.25, 0.3) is 5.91 Å². The van der Waals surface area contributed by atoms with Crippen LogP contribution in [0, 0.1) is 20.8 Å². The molecule has 4 aromatic rings. The quantitative estimate of drug-likeness (QED) is 0.437. The van der Waals surface area contributed by atoms with E-state index in [1.807, 2.05) is 51.1 Å². The fourth-order valence-corrected chi connectivity index (χ4v) is 4.57. The number of nitrogens with zero attached hydrogens (tertiary/aromatic N) is 3. The van der Waals surface area contributed by atoms with Crippen molar-refractivity contribution in [3.8, 4) is 17.3 Å². The van der Waals surface area contributed by atoms with E-state index in [4.69, 9.17) is 9.15 Å². The first-order chi connectivity index (χ1) is 14.5. The van der Waals surface area contributed by atoms with Crippen LogP contribution in [0.1, 0.15) is 26.5 Å². The second-order valence-electron chi connectivity index (χ2n) is 7.19. The monoisotopic (exact) mass is 421 g/mol. The molecule has 30 heavy (non-hydrogen) atoms. The molecule has 0 atom stereocenters. The molecule has 0 saturated carbocycles. The van der Waals surface area contributed by atoms with Gasteiger partial charge in [0.1, 0.15) is 17.2 Å². The van der Waals surface area contributed by atoms with Crippen molar-refractivity contribution in [2.75, 3.05) is 20.2 Å². The Morgan fingerprint density at radius 2 is 1.93 bits per heavy atom. The molecule has 0 fully saturated rings. The third-order valence-corrected chi connectivity index (χ3v) is 6.21. The number of hydrogen-bond donors (Lipinski definition) is 0. The lowest BCUT2D eigenvalue weighted by molar-refractivity contribution is 0.0778. The summed E-state index contributed by atoms with van der Waals surface area (Å²) < 4.78 is 11.3. The van der Waals surface area contributed by atoms with E-state index in [-0.39, 0.29) is 5.91 Å². The molecule has 0 unspecified atom stereocenters. The van der Waals surface area contributed by atoms with Gasteiger partial charge >= 0.3 is 0 Å². The number of para-hydroxylation sites is 1. The van der Waals surface area contributed by atoms with Crippen LogP contribution in [0.15, 0.2) is 47.1 Å². The van der Waals surface area contributed by atoms with Gasteiger partial charge in [0, 0.05) is 12.4 Å². The number of carbonyl (C=O) groups excluding carboxylic acids is 1. The SMILES string of the molecule is Cc1ccccc1OCCN(C)C(=O)c1sc2nc(-c3ccco3)nc(C)c2c1C. The molecule has 0 aliphatic heterocycles. The maximum absolute atomic E-state index is 13.1. The molecule has 7 heteroatoms. The maximum Gasteiger partial charge on any atom is 0.264 e. The third-order valence-electron chi connectivity index (χ3n) is 5.03. The number of hydrogen-bond acceptors (Lipinski definition) is 6. The van der Waals surface area contributed by atoms with Crippen LogP contribution >= 0.6 is 11.3 Å². The van der Waals surface area contributed by atoms with Gasteiger partial charge in [-0.25, -0.2) is 9.97 Å². The van der Waals surface area contributed by atoms with Crippen LogP contribution in [0.25, 0.3) is 21.8 Å². The fourth-order valence-electron chi connectivity index (χ4n) is 3.34. The molecule has 0 N–H and O–H groups in total. The zero-order valence-corrected chi connectivity index (χ0v) is 18.2. The predicted molar refractivity (Wildman–Crippen MR) is 118 cm³/mol. The van der Waals surface area contributed by atoms with Gasteiger partial charge in [-0.05, 0) is 50.1 Å². The molecular formula is C23H23N3O3S. The number of thiophene rings is 1. The number of carbonyl (C=O) groups is 1. The highest BCUT2D eigenvalue weighted by atomic mass is 32.1. The highest BCUT2D eigenvalue weighted by Gasteiger charge is 2.22. The molecule has 0 bridgehead atoms. The molecule has 6 nitrogen and oxygen atoms in total. The van der Waals surface area contributed by atoms with Gasteiger partial charge in [-0.3, -0.25) is 4.79 Å². The van der Waals surface area contributed by atoms with Gasteiger partial charge in [0.2, 0.25) is 0 Å². The number of fused-ring (bicyclic) bond motifs is 1. The number of aromatic nitrogens is 2. The summed E-state index contributed by atoms with van der Waals surface area (Å²) >= 11 is 1.39. The number of ether oxygens (including phenoxy) is 1. The zero-order chi connectivity index (χ0) is 21.3. The summed E-state index contributed by atoms with van der Waals surface area (Å²) in [6.07, 6.45) is 1.60. The van der Waals surface area contributed by atoms with Crippen LogP contribution in [-0.4, -0.2) is 41.0 Å². The fraction of sp³-hybridized carbons (Fsp3) is 0.261. The Bertz CT molecular complexity index is 1200. The van der Waals surface area contributed by atoms with Crippen LogP contribution in [0.4, 0.5) is 0 Å². The summed E-state index contributed by atoms with van der Waals surface area (Å²) in [5.74, 6) is 1.95.